The van der Waals surface area contributed by atoms with Gasteiger partial charge in [-0.15, -0.1) is 0 Å². The van der Waals surface area contributed by atoms with Gasteiger partial charge in [0.05, 0.1) is 61.4 Å². The SMILES string of the molecule is COc1ccc2[nH]cc(C3=C(c4cn(CCCSC(=N)N)c5ccc(OC)c(OC)c45)C(=O)NC3=O)c2c1OC. The standard InChI is InChI=1S/C28H29N5O6S/c1-36-18-8-6-16-20(24(18)38-3)14(12-31-16)22-23(27(35)32-26(22)34)15-13-33(10-5-11-40-28(29)30)17-7-9-19(37-2)25(39-4)21(15)17/h6-9,12-13,31H,5,10-11H2,1-4H3,(H3,29,30)(H,32,34,35). The molecule has 0 radical (unpaired) electrons. The third-order valence-electron chi connectivity index (χ3n) is 6.85. The number of methoxy groups -OCH3 is 4. The van der Waals surface area contributed by atoms with Gasteiger partial charge in [0.2, 0.25) is 0 Å². The Kier molecular flexibility index (Phi) is 7.35. The molecule has 0 unspecified atom stereocenters. The predicted octanol–water partition coefficient (Wildman–Crippen LogP) is 3.74. The highest BCUT2D eigenvalue weighted by Gasteiger charge is 2.37. The number of aryl methyl sites for hydroxylation is 1. The van der Waals surface area contributed by atoms with Crippen LogP contribution >= 0.6 is 11.8 Å². The summed E-state index contributed by atoms with van der Waals surface area (Å²) >= 11 is 1.27. The minimum Gasteiger partial charge on any atom is -0.493 e. The van der Waals surface area contributed by atoms with Crippen LogP contribution in [0.1, 0.15) is 17.5 Å². The molecule has 0 saturated heterocycles. The number of benzene rings is 2. The zero-order valence-electron chi connectivity index (χ0n) is 22.5. The number of rotatable bonds is 10. The molecule has 40 heavy (non-hydrogen) atoms. The summed E-state index contributed by atoms with van der Waals surface area (Å²) in [7, 11) is 6.14. The van der Waals surface area contributed by atoms with E-state index in [-0.39, 0.29) is 16.3 Å². The summed E-state index contributed by atoms with van der Waals surface area (Å²) in [4.78, 5) is 30.0. The molecule has 5 N–H and O–H groups in total. The number of nitrogens with one attached hydrogen (secondary N) is 3. The highest BCUT2D eigenvalue weighted by Crippen LogP contribution is 2.46. The Morgan fingerprint density at radius 2 is 1.52 bits per heavy atom. The number of carbonyl (C=O) groups excluding carboxylic acids is 2. The first-order valence-corrected chi connectivity index (χ1v) is 13.4. The number of H-pyrrole nitrogens is 1. The van der Waals surface area contributed by atoms with Gasteiger partial charge < -0.3 is 34.2 Å². The minimum atomic E-state index is -0.522. The van der Waals surface area contributed by atoms with Gasteiger partial charge in [-0.3, -0.25) is 20.3 Å². The van der Waals surface area contributed by atoms with E-state index in [0.29, 0.717) is 57.2 Å². The summed E-state index contributed by atoms with van der Waals surface area (Å²) in [5.74, 6) is 1.49. The molecule has 1 aliphatic rings. The molecule has 0 atom stereocenters. The maximum Gasteiger partial charge on any atom is 0.259 e. The zero-order chi connectivity index (χ0) is 28.6. The first-order chi connectivity index (χ1) is 19.3. The number of amides is 2. The number of fused-ring (bicyclic) bond motifs is 2. The van der Waals surface area contributed by atoms with E-state index in [4.69, 9.17) is 30.1 Å². The van der Waals surface area contributed by atoms with Gasteiger partial charge in [-0.25, -0.2) is 0 Å². The van der Waals surface area contributed by atoms with Crippen LogP contribution < -0.4 is 30.0 Å². The maximum absolute atomic E-state index is 13.5. The lowest BCUT2D eigenvalue weighted by Gasteiger charge is -2.12. The van der Waals surface area contributed by atoms with E-state index in [2.05, 4.69) is 10.3 Å². The number of aromatic amines is 1. The number of hydrogen-bond acceptors (Lipinski definition) is 8. The van der Waals surface area contributed by atoms with Crippen LogP contribution in [0.15, 0.2) is 36.7 Å². The average molecular weight is 564 g/mol. The molecule has 208 valence electrons. The van der Waals surface area contributed by atoms with Crippen LogP contribution in [0.5, 0.6) is 23.0 Å². The molecule has 5 rings (SSSR count). The number of amidine groups is 1. The third kappa shape index (κ3) is 4.39. The van der Waals surface area contributed by atoms with Gasteiger partial charge in [0.25, 0.3) is 11.8 Å². The number of nitrogens with zero attached hydrogens (tertiary/aromatic N) is 1. The van der Waals surface area contributed by atoms with E-state index >= 15 is 0 Å². The molecule has 0 aliphatic carbocycles. The predicted molar refractivity (Wildman–Crippen MR) is 155 cm³/mol. The summed E-state index contributed by atoms with van der Waals surface area (Å²) in [5.41, 5.74) is 8.47. The van der Waals surface area contributed by atoms with Gasteiger partial charge >= 0.3 is 0 Å². The Balaban J connectivity index is 1.79. The molecule has 0 spiro atoms. The van der Waals surface area contributed by atoms with Crippen LogP contribution in [0.2, 0.25) is 0 Å². The lowest BCUT2D eigenvalue weighted by atomic mass is 9.95. The van der Waals surface area contributed by atoms with Crippen molar-refractivity contribution in [1.29, 1.82) is 5.41 Å². The highest BCUT2D eigenvalue weighted by atomic mass is 32.2. The van der Waals surface area contributed by atoms with E-state index in [0.717, 1.165) is 17.5 Å². The number of nitrogens with two attached hydrogens (primary N) is 1. The Morgan fingerprint density at radius 1 is 0.900 bits per heavy atom. The Bertz CT molecular complexity index is 1700. The lowest BCUT2D eigenvalue weighted by Crippen LogP contribution is -2.22. The molecule has 3 heterocycles. The second-order valence-electron chi connectivity index (χ2n) is 8.96. The topological polar surface area (TPSA) is 154 Å². The summed E-state index contributed by atoms with van der Waals surface area (Å²) in [6, 6.07) is 7.30. The van der Waals surface area contributed by atoms with Crippen molar-refractivity contribution in [3.8, 4) is 23.0 Å². The van der Waals surface area contributed by atoms with Crippen molar-refractivity contribution in [2.75, 3.05) is 34.2 Å². The van der Waals surface area contributed by atoms with Crippen LogP contribution in [0.4, 0.5) is 0 Å². The normalized spacial score (nSPS) is 13.3. The van der Waals surface area contributed by atoms with E-state index in [1.54, 1.807) is 25.4 Å². The minimum absolute atomic E-state index is 0.0613. The fraction of sp³-hybridized carbons (Fsp3) is 0.250. The van der Waals surface area contributed by atoms with Crippen molar-refractivity contribution < 1.29 is 28.5 Å². The number of carbonyl (C=O) groups is 2. The van der Waals surface area contributed by atoms with Crippen LogP contribution in [0.3, 0.4) is 0 Å². The molecule has 2 aromatic heterocycles. The number of hydrogen-bond donors (Lipinski definition) is 4. The molecule has 0 bridgehead atoms. The number of ether oxygens (including phenoxy) is 4. The monoisotopic (exact) mass is 563 g/mol. The molecule has 11 nitrogen and oxygen atoms in total. The molecule has 12 heteroatoms. The van der Waals surface area contributed by atoms with Gasteiger partial charge in [-0.1, -0.05) is 11.8 Å². The molecule has 2 amide bonds. The Morgan fingerprint density at radius 3 is 2.15 bits per heavy atom. The van der Waals surface area contributed by atoms with Crippen LogP contribution in [0.25, 0.3) is 33.0 Å². The first kappa shape index (κ1) is 27.0. The largest absolute Gasteiger partial charge is 0.493 e. The van der Waals surface area contributed by atoms with Gasteiger partial charge in [0.15, 0.2) is 28.2 Å². The van der Waals surface area contributed by atoms with Crippen LogP contribution in [0, 0.1) is 5.41 Å². The van der Waals surface area contributed by atoms with E-state index in [9.17, 15) is 9.59 Å². The van der Waals surface area contributed by atoms with E-state index < -0.39 is 11.8 Å². The molecule has 0 saturated carbocycles. The Hall–Kier alpha value is -4.58. The summed E-state index contributed by atoms with van der Waals surface area (Å²) in [6.07, 6.45) is 4.26. The van der Waals surface area contributed by atoms with Gasteiger partial charge in [-0.05, 0) is 30.7 Å². The van der Waals surface area contributed by atoms with Crippen molar-refractivity contribution in [2.45, 2.75) is 13.0 Å². The zero-order valence-corrected chi connectivity index (χ0v) is 23.3. The van der Waals surface area contributed by atoms with Crippen molar-refractivity contribution in [3.63, 3.8) is 0 Å². The van der Waals surface area contributed by atoms with Crippen molar-refractivity contribution in [2.24, 2.45) is 5.73 Å². The second kappa shape index (κ2) is 10.9. The van der Waals surface area contributed by atoms with Crippen molar-refractivity contribution >= 4 is 61.7 Å². The summed E-state index contributed by atoms with van der Waals surface area (Å²) < 4.78 is 24.5. The van der Waals surface area contributed by atoms with E-state index in [1.807, 2.05) is 22.9 Å². The Labute approximate surface area is 234 Å². The quantitative estimate of drug-likeness (QED) is 0.0985. The fourth-order valence-corrected chi connectivity index (χ4v) is 5.69. The first-order valence-electron chi connectivity index (χ1n) is 12.4. The van der Waals surface area contributed by atoms with Gasteiger partial charge in [0.1, 0.15) is 0 Å². The molecular weight excluding hydrogens is 534 g/mol. The molecule has 1 aliphatic heterocycles. The molecular formula is C28H29N5O6S. The molecule has 2 aromatic carbocycles. The highest BCUT2D eigenvalue weighted by molar-refractivity contribution is 8.13. The van der Waals surface area contributed by atoms with Crippen LogP contribution in [-0.2, 0) is 16.1 Å². The summed E-state index contributed by atoms with van der Waals surface area (Å²) in [5, 5.41) is 11.3. The fourth-order valence-electron chi connectivity index (χ4n) is 5.20. The summed E-state index contributed by atoms with van der Waals surface area (Å²) in [6.45, 7) is 0.586. The molecule has 0 fully saturated rings. The van der Waals surface area contributed by atoms with Crippen molar-refractivity contribution in [3.05, 3.63) is 47.8 Å². The van der Waals surface area contributed by atoms with Crippen LogP contribution in [-0.4, -0.2) is 60.7 Å². The lowest BCUT2D eigenvalue weighted by molar-refractivity contribution is -0.122. The van der Waals surface area contributed by atoms with Crippen molar-refractivity contribution in [1.82, 2.24) is 14.9 Å². The third-order valence-corrected chi connectivity index (χ3v) is 7.65. The second-order valence-corrected chi connectivity index (χ2v) is 10.1. The smallest absolute Gasteiger partial charge is 0.259 e. The van der Waals surface area contributed by atoms with Gasteiger partial charge in [-0.2, -0.15) is 0 Å². The average Bonchev–Trinajstić information content (AvgIpc) is 3.62. The van der Waals surface area contributed by atoms with E-state index in [1.165, 1.54) is 33.1 Å². The number of aromatic nitrogens is 2. The number of imide groups is 1. The molecule has 4 aromatic rings. The maximum atomic E-state index is 13.5. The van der Waals surface area contributed by atoms with Gasteiger partial charge in [0, 0.05) is 35.8 Å². The number of thioether (sulfide) groups is 1.